The summed E-state index contributed by atoms with van der Waals surface area (Å²) in [5, 5.41) is 0. The lowest BCUT2D eigenvalue weighted by Gasteiger charge is -2.40. The number of unbranched alkanes of at least 4 members (excludes halogenated alkanes) is 1. The van der Waals surface area contributed by atoms with Gasteiger partial charge in [-0.2, -0.15) is 0 Å². The van der Waals surface area contributed by atoms with Crippen LogP contribution >= 0.6 is 0 Å². The van der Waals surface area contributed by atoms with Crippen LogP contribution in [0.5, 0.6) is 0 Å². The second kappa shape index (κ2) is 10.3. The van der Waals surface area contributed by atoms with Crippen molar-refractivity contribution in [3.63, 3.8) is 0 Å². The van der Waals surface area contributed by atoms with Gasteiger partial charge in [-0.3, -0.25) is 4.90 Å². The van der Waals surface area contributed by atoms with E-state index in [9.17, 15) is 8.42 Å². The summed E-state index contributed by atoms with van der Waals surface area (Å²) in [6.07, 6.45) is 11.2. The topological polar surface area (TPSA) is 37.4 Å². The monoisotopic (exact) mass is 465 g/mol. The molecule has 2 unspecified atom stereocenters. The molecule has 0 aromatic heterocycles. The summed E-state index contributed by atoms with van der Waals surface area (Å²) < 4.78 is 24.5. The molecule has 2 aromatic carbocycles. The third kappa shape index (κ3) is 6.08. The quantitative estimate of drug-likeness (QED) is 0.431. The van der Waals surface area contributed by atoms with Crippen molar-refractivity contribution in [2.24, 2.45) is 5.92 Å². The maximum absolute atomic E-state index is 12.3. The zero-order valence-electron chi connectivity index (χ0n) is 19.9. The summed E-state index contributed by atoms with van der Waals surface area (Å²) in [6.45, 7) is 2.50. The van der Waals surface area contributed by atoms with Crippen molar-refractivity contribution in [2.75, 3.05) is 24.6 Å². The number of likely N-dealkylation sites (tertiary alicyclic amines) is 1. The van der Waals surface area contributed by atoms with E-state index in [2.05, 4.69) is 53.4 Å². The molecule has 2 aromatic rings. The Labute approximate surface area is 200 Å². The van der Waals surface area contributed by atoms with Crippen LogP contribution in [0.1, 0.15) is 73.1 Å². The highest BCUT2D eigenvalue weighted by molar-refractivity contribution is 7.91. The molecule has 0 radical (unpaired) electrons. The Balaban J connectivity index is 1.28. The molecule has 1 saturated carbocycles. The molecular formula is C29H39NO2S. The van der Waals surface area contributed by atoms with E-state index in [1.54, 1.807) is 5.56 Å². The Morgan fingerprint density at radius 3 is 2.42 bits per heavy atom. The van der Waals surface area contributed by atoms with Gasteiger partial charge >= 0.3 is 0 Å². The van der Waals surface area contributed by atoms with E-state index in [0.717, 1.165) is 38.5 Å². The molecule has 0 N–H and O–H groups in total. The molecule has 33 heavy (non-hydrogen) atoms. The van der Waals surface area contributed by atoms with Crippen molar-refractivity contribution in [3.05, 3.63) is 70.8 Å². The highest BCUT2D eigenvalue weighted by Gasteiger charge is 2.35. The van der Waals surface area contributed by atoms with Crippen molar-refractivity contribution >= 4 is 9.84 Å². The lowest BCUT2D eigenvalue weighted by molar-refractivity contribution is 0.188. The molecule has 2 atom stereocenters. The number of fused-ring (bicyclic) bond motifs is 1. The third-order valence-electron chi connectivity index (χ3n) is 8.05. The Morgan fingerprint density at radius 2 is 1.67 bits per heavy atom. The zero-order valence-corrected chi connectivity index (χ0v) is 20.7. The van der Waals surface area contributed by atoms with Gasteiger partial charge in [0.15, 0.2) is 9.84 Å². The van der Waals surface area contributed by atoms with Gasteiger partial charge in [0.1, 0.15) is 0 Å². The van der Waals surface area contributed by atoms with Crippen LogP contribution in [0.3, 0.4) is 0 Å². The fourth-order valence-electron chi connectivity index (χ4n) is 6.09. The van der Waals surface area contributed by atoms with Crippen molar-refractivity contribution in [2.45, 2.75) is 76.2 Å². The van der Waals surface area contributed by atoms with Crippen molar-refractivity contribution in [1.82, 2.24) is 4.90 Å². The minimum Gasteiger partial charge on any atom is -0.300 e. The van der Waals surface area contributed by atoms with Crippen LogP contribution in [0, 0.1) is 5.92 Å². The summed E-state index contributed by atoms with van der Waals surface area (Å²) in [4.78, 5) is 2.76. The lowest BCUT2D eigenvalue weighted by Crippen LogP contribution is -2.41. The highest BCUT2D eigenvalue weighted by Crippen LogP contribution is 2.39. The molecule has 3 nitrogen and oxygen atoms in total. The van der Waals surface area contributed by atoms with Crippen molar-refractivity contribution < 1.29 is 8.42 Å². The van der Waals surface area contributed by atoms with Gasteiger partial charge in [-0.1, -0.05) is 48.5 Å². The van der Waals surface area contributed by atoms with Crippen LogP contribution in [0.15, 0.2) is 48.5 Å². The van der Waals surface area contributed by atoms with Crippen LogP contribution in [-0.2, 0) is 29.1 Å². The van der Waals surface area contributed by atoms with Crippen LogP contribution in [0.2, 0.25) is 0 Å². The fourth-order valence-corrected chi connectivity index (χ4v) is 7.95. The van der Waals surface area contributed by atoms with Gasteiger partial charge in [-0.15, -0.1) is 0 Å². The Bertz CT molecular complexity index is 1020. The van der Waals surface area contributed by atoms with Crippen LogP contribution in [0.25, 0.3) is 0 Å². The molecule has 1 aliphatic heterocycles. The molecule has 1 heterocycles. The normalized spacial score (nSPS) is 23.5. The van der Waals surface area contributed by atoms with Crippen molar-refractivity contribution in [3.8, 4) is 0 Å². The predicted molar refractivity (Wildman–Crippen MR) is 137 cm³/mol. The minimum atomic E-state index is -2.85. The van der Waals surface area contributed by atoms with Crippen LogP contribution in [0.4, 0.5) is 0 Å². The van der Waals surface area contributed by atoms with E-state index in [0.29, 0.717) is 29.4 Å². The molecule has 0 amide bonds. The smallest absolute Gasteiger partial charge is 0.150 e. The average molecular weight is 466 g/mol. The first-order valence-corrected chi connectivity index (χ1v) is 15.0. The Kier molecular flexibility index (Phi) is 7.22. The molecule has 2 aliphatic carbocycles. The summed E-state index contributed by atoms with van der Waals surface area (Å²) in [6, 6.07) is 18.8. The third-order valence-corrected chi connectivity index (χ3v) is 9.94. The number of nitrogens with zero attached hydrogens (tertiary/aromatic N) is 1. The number of benzene rings is 2. The Hall–Kier alpha value is -1.65. The van der Waals surface area contributed by atoms with E-state index in [1.807, 2.05) is 0 Å². The molecule has 0 bridgehead atoms. The zero-order chi connectivity index (χ0) is 22.7. The Morgan fingerprint density at radius 1 is 0.879 bits per heavy atom. The molecule has 4 heteroatoms. The highest BCUT2D eigenvalue weighted by atomic mass is 32.2. The second-order valence-electron chi connectivity index (χ2n) is 10.7. The first-order chi connectivity index (χ1) is 16.1. The molecule has 5 rings (SSSR count). The van der Waals surface area contributed by atoms with E-state index >= 15 is 0 Å². The van der Waals surface area contributed by atoms with Gasteiger partial charge < -0.3 is 0 Å². The lowest BCUT2D eigenvalue weighted by atomic mass is 9.75. The first-order valence-electron chi connectivity index (χ1n) is 13.2. The second-order valence-corrected chi connectivity index (χ2v) is 12.9. The van der Waals surface area contributed by atoms with Gasteiger partial charge in [0.25, 0.3) is 0 Å². The van der Waals surface area contributed by atoms with Crippen LogP contribution in [-0.4, -0.2) is 44.0 Å². The summed E-state index contributed by atoms with van der Waals surface area (Å²) in [5.74, 6) is 1.79. The molecular weight excluding hydrogens is 426 g/mol. The number of aryl methyl sites for hydroxylation is 2. The molecule has 0 spiro atoms. The number of hydrogen-bond donors (Lipinski definition) is 0. The number of rotatable bonds is 10. The van der Waals surface area contributed by atoms with E-state index in [-0.39, 0.29) is 0 Å². The molecule has 2 fully saturated rings. The summed E-state index contributed by atoms with van der Waals surface area (Å²) >= 11 is 0. The van der Waals surface area contributed by atoms with Gasteiger partial charge in [-0.25, -0.2) is 8.42 Å². The van der Waals surface area contributed by atoms with E-state index in [4.69, 9.17) is 0 Å². The largest absolute Gasteiger partial charge is 0.300 e. The number of hydrogen-bond acceptors (Lipinski definition) is 3. The van der Waals surface area contributed by atoms with Gasteiger partial charge in [0, 0.05) is 12.0 Å². The van der Waals surface area contributed by atoms with E-state index < -0.39 is 9.84 Å². The molecule has 178 valence electrons. The molecule has 3 aliphatic rings. The fraction of sp³-hybridized carbons (Fsp3) is 0.586. The maximum atomic E-state index is 12.3. The number of sulfone groups is 1. The average Bonchev–Trinajstić information content (AvgIpc) is 3.44. The minimum absolute atomic E-state index is 0.363. The SMILES string of the molecule is O=S(=O)(CCCCc1ccc2c(c1)C(Cc1ccccc1)C(N1CCCC1)CC2)CC1CC1. The summed E-state index contributed by atoms with van der Waals surface area (Å²) in [5.41, 5.74) is 5.90. The van der Waals surface area contributed by atoms with Gasteiger partial charge in [0.2, 0.25) is 0 Å². The van der Waals surface area contributed by atoms with E-state index in [1.165, 1.54) is 55.5 Å². The van der Waals surface area contributed by atoms with Gasteiger partial charge in [0.05, 0.1) is 11.5 Å². The predicted octanol–water partition coefficient (Wildman–Crippen LogP) is 5.57. The van der Waals surface area contributed by atoms with Crippen LogP contribution < -0.4 is 0 Å². The standard InChI is InChI=1S/C29H39NO2S/c31-33(32,22-25-11-12-25)19-7-4-10-24-13-14-26-15-16-29(30-17-5-6-18-30)28(27(26)20-24)21-23-8-2-1-3-9-23/h1-3,8-9,13-14,20,25,28-29H,4-7,10-12,15-19,21-22H2. The molecule has 1 saturated heterocycles. The van der Waals surface area contributed by atoms with Crippen molar-refractivity contribution in [1.29, 1.82) is 0 Å². The first kappa shape index (κ1) is 23.1. The van der Waals surface area contributed by atoms with Gasteiger partial charge in [-0.05, 0) is 105 Å². The summed E-state index contributed by atoms with van der Waals surface area (Å²) in [7, 11) is -2.85. The maximum Gasteiger partial charge on any atom is 0.150 e.